The van der Waals surface area contributed by atoms with Crippen molar-refractivity contribution < 1.29 is 0 Å². The van der Waals surface area contributed by atoms with Crippen molar-refractivity contribution in [1.29, 1.82) is 0 Å². The van der Waals surface area contributed by atoms with E-state index in [1.807, 2.05) is 18.2 Å². The Kier molecular flexibility index (Phi) is 8.12. The number of aromatic nitrogens is 4. The number of hydrogen-bond donors (Lipinski definition) is 0. The molecule has 0 N–H and O–H groups in total. The second kappa shape index (κ2) is 13.8. The molecule has 0 radical (unpaired) electrons. The van der Waals surface area contributed by atoms with Gasteiger partial charge in [0, 0.05) is 33.1 Å². The van der Waals surface area contributed by atoms with E-state index < -0.39 is 0 Å². The average Bonchev–Trinajstić information content (AvgIpc) is 3.53. The van der Waals surface area contributed by atoms with Crippen molar-refractivity contribution in [3.8, 4) is 78.8 Å². The van der Waals surface area contributed by atoms with E-state index in [1.54, 1.807) is 0 Å². The van der Waals surface area contributed by atoms with Crippen LogP contribution in [0, 0.1) is 0 Å². The third-order valence-corrected chi connectivity index (χ3v) is 11.9. The zero-order chi connectivity index (χ0) is 39.5. The lowest BCUT2D eigenvalue weighted by Crippen LogP contribution is -2.14. The number of nitrogens with zero attached hydrogens (tertiary/aromatic N) is 4. The smallest absolute Gasteiger partial charge is 0.164 e. The summed E-state index contributed by atoms with van der Waals surface area (Å²) in [4.78, 5) is 20.9. The van der Waals surface area contributed by atoms with Crippen molar-refractivity contribution in [2.24, 2.45) is 0 Å². The lowest BCUT2D eigenvalue weighted by Gasteiger charge is -2.22. The molecule has 4 heteroatoms. The molecular formula is C55H38N4. The molecule has 0 bridgehead atoms. The normalized spacial score (nSPS) is 12.7. The van der Waals surface area contributed by atoms with Gasteiger partial charge in [0.2, 0.25) is 0 Å². The Hall–Kier alpha value is -7.56. The molecule has 0 saturated heterocycles. The van der Waals surface area contributed by atoms with E-state index in [2.05, 4.69) is 190 Å². The first-order chi connectivity index (χ1) is 29.0. The van der Waals surface area contributed by atoms with Gasteiger partial charge in [0.15, 0.2) is 17.5 Å². The maximum Gasteiger partial charge on any atom is 0.164 e. The molecule has 59 heavy (non-hydrogen) atoms. The van der Waals surface area contributed by atoms with Crippen LogP contribution in [0.15, 0.2) is 194 Å². The number of pyridine rings is 1. The van der Waals surface area contributed by atoms with Gasteiger partial charge >= 0.3 is 0 Å². The van der Waals surface area contributed by atoms with Gasteiger partial charge in [-0.3, -0.25) is 0 Å². The highest BCUT2D eigenvalue weighted by Crippen LogP contribution is 2.50. The van der Waals surface area contributed by atoms with Crippen molar-refractivity contribution in [2.75, 3.05) is 0 Å². The highest BCUT2D eigenvalue weighted by molar-refractivity contribution is 6.02. The van der Waals surface area contributed by atoms with Gasteiger partial charge in [0.05, 0.1) is 11.2 Å². The SMILES string of the molecule is CC1(C)c2ccccc2-c2cc3c(-c4cccc(-c5nc(-c6ccccc6)nc(-c6cccc7ccccc67)n5)c4)cc(-c4cccc(-c5ccccc5)c4)nc3cc21. The van der Waals surface area contributed by atoms with Gasteiger partial charge in [-0.25, -0.2) is 19.9 Å². The van der Waals surface area contributed by atoms with Gasteiger partial charge in [-0.15, -0.1) is 0 Å². The number of rotatable bonds is 6. The molecule has 0 spiro atoms. The van der Waals surface area contributed by atoms with E-state index in [-0.39, 0.29) is 5.41 Å². The van der Waals surface area contributed by atoms with Crippen LogP contribution in [-0.2, 0) is 5.41 Å². The minimum absolute atomic E-state index is 0.151. The highest BCUT2D eigenvalue weighted by Gasteiger charge is 2.36. The molecular weight excluding hydrogens is 717 g/mol. The zero-order valence-corrected chi connectivity index (χ0v) is 32.8. The Morgan fingerprint density at radius 3 is 1.73 bits per heavy atom. The van der Waals surface area contributed by atoms with Crippen molar-refractivity contribution in [2.45, 2.75) is 19.3 Å². The van der Waals surface area contributed by atoms with E-state index in [9.17, 15) is 0 Å². The van der Waals surface area contributed by atoms with Gasteiger partial charge in [0.1, 0.15) is 0 Å². The molecule has 1 aliphatic carbocycles. The first-order valence-electron chi connectivity index (χ1n) is 20.1. The van der Waals surface area contributed by atoms with Gasteiger partial charge < -0.3 is 0 Å². The molecule has 0 fully saturated rings. The molecule has 0 unspecified atom stereocenters. The van der Waals surface area contributed by atoms with Crippen LogP contribution < -0.4 is 0 Å². The summed E-state index contributed by atoms with van der Waals surface area (Å²) in [6.45, 7) is 4.65. The van der Waals surface area contributed by atoms with Crippen LogP contribution in [0.3, 0.4) is 0 Å². The summed E-state index contributed by atoms with van der Waals surface area (Å²) in [6, 6.07) is 68.5. The summed E-state index contributed by atoms with van der Waals surface area (Å²) in [6.07, 6.45) is 0. The van der Waals surface area contributed by atoms with Gasteiger partial charge in [-0.1, -0.05) is 178 Å². The van der Waals surface area contributed by atoms with Crippen LogP contribution in [0.4, 0.5) is 0 Å². The second-order valence-corrected chi connectivity index (χ2v) is 15.9. The lowest BCUT2D eigenvalue weighted by molar-refractivity contribution is 0.661. The minimum Gasteiger partial charge on any atom is -0.248 e. The monoisotopic (exact) mass is 754 g/mol. The molecule has 2 aromatic heterocycles. The third-order valence-electron chi connectivity index (χ3n) is 11.9. The summed E-state index contributed by atoms with van der Waals surface area (Å²) in [7, 11) is 0. The van der Waals surface area contributed by atoms with E-state index >= 15 is 0 Å². The van der Waals surface area contributed by atoms with E-state index in [4.69, 9.17) is 19.9 Å². The van der Waals surface area contributed by atoms with Gasteiger partial charge in [-0.2, -0.15) is 0 Å². The fourth-order valence-corrected chi connectivity index (χ4v) is 8.88. The van der Waals surface area contributed by atoms with Crippen LogP contribution in [0.2, 0.25) is 0 Å². The maximum atomic E-state index is 5.44. The van der Waals surface area contributed by atoms with E-state index in [0.717, 1.165) is 66.3 Å². The highest BCUT2D eigenvalue weighted by atomic mass is 15.0. The molecule has 11 rings (SSSR count). The Morgan fingerprint density at radius 1 is 0.322 bits per heavy atom. The molecule has 0 amide bonds. The molecule has 0 aliphatic heterocycles. The van der Waals surface area contributed by atoms with Crippen LogP contribution in [0.1, 0.15) is 25.0 Å². The summed E-state index contributed by atoms with van der Waals surface area (Å²) in [5.74, 6) is 1.90. The van der Waals surface area contributed by atoms with Crippen LogP contribution in [0.5, 0.6) is 0 Å². The van der Waals surface area contributed by atoms with Crippen molar-refractivity contribution in [1.82, 2.24) is 19.9 Å². The van der Waals surface area contributed by atoms with Gasteiger partial charge in [0.25, 0.3) is 0 Å². The molecule has 10 aromatic rings. The Morgan fingerprint density at radius 2 is 0.898 bits per heavy atom. The first-order valence-corrected chi connectivity index (χ1v) is 20.1. The van der Waals surface area contributed by atoms with Crippen molar-refractivity contribution in [3.63, 3.8) is 0 Å². The maximum absolute atomic E-state index is 5.44. The largest absolute Gasteiger partial charge is 0.248 e. The lowest BCUT2D eigenvalue weighted by atomic mass is 9.82. The minimum atomic E-state index is -0.151. The Labute approximate surface area is 343 Å². The predicted octanol–water partition coefficient (Wildman–Crippen LogP) is 13.9. The van der Waals surface area contributed by atoms with Crippen LogP contribution in [-0.4, -0.2) is 19.9 Å². The van der Waals surface area contributed by atoms with E-state index in [1.165, 1.54) is 27.8 Å². The van der Waals surface area contributed by atoms with E-state index in [0.29, 0.717) is 17.5 Å². The molecule has 8 aromatic carbocycles. The van der Waals surface area contributed by atoms with Crippen molar-refractivity contribution in [3.05, 3.63) is 205 Å². The fourth-order valence-electron chi connectivity index (χ4n) is 8.88. The molecule has 1 aliphatic rings. The van der Waals surface area contributed by atoms with Crippen LogP contribution >= 0.6 is 0 Å². The quantitative estimate of drug-likeness (QED) is 0.170. The van der Waals surface area contributed by atoms with Crippen molar-refractivity contribution >= 4 is 21.7 Å². The van der Waals surface area contributed by atoms with Crippen LogP contribution in [0.25, 0.3) is 100 Å². The Bertz CT molecular complexity index is 3240. The first kappa shape index (κ1) is 34.7. The fraction of sp³-hybridized carbons (Fsp3) is 0.0545. The average molecular weight is 755 g/mol. The molecule has 0 atom stereocenters. The molecule has 0 saturated carbocycles. The number of benzene rings is 8. The standard InChI is InChI=1S/C55H38N4/c1-55(2)48-29-12-11-27-43(48)46-32-47-45(33-50(56-51(47)34-49(46)55)40-24-13-22-38(30-40)35-16-5-3-6-17-35)39-23-14-25-41(31-39)53-57-52(37-19-7-4-8-20-37)58-54(59-53)44-28-15-21-36-18-9-10-26-42(36)44/h3-34H,1-2H3. The Balaban J connectivity index is 1.12. The summed E-state index contributed by atoms with van der Waals surface area (Å²) >= 11 is 0. The third kappa shape index (κ3) is 6.00. The topological polar surface area (TPSA) is 51.6 Å². The summed E-state index contributed by atoms with van der Waals surface area (Å²) in [5.41, 5.74) is 15.3. The second-order valence-electron chi connectivity index (χ2n) is 15.9. The number of fused-ring (bicyclic) bond motifs is 5. The predicted molar refractivity (Wildman–Crippen MR) is 243 cm³/mol. The molecule has 2 heterocycles. The summed E-state index contributed by atoms with van der Waals surface area (Å²) < 4.78 is 0. The van der Waals surface area contributed by atoms with Gasteiger partial charge in [-0.05, 0) is 85.6 Å². The molecule has 4 nitrogen and oxygen atoms in total. The zero-order valence-electron chi connectivity index (χ0n) is 32.8. The summed E-state index contributed by atoms with van der Waals surface area (Å²) in [5, 5.41) is 3.35. The molecule has 278 valence electrons. The number of hydrogen-bond acceptors (Lipinski definition) is 4.